The first kappa shape index (κ1) is 22.6. The number of hydrogen-bond donors (Lipinski definition) is 2. The van der Waals surface area contributed by atoms with E-state index in [9.17, 15) is 4.79 Å². The Labute approximate surface area is 200 Å². The molecule has 4 aromatic rings. The summed E-state index contributed by atoms with van der Waals surface area (Å²) in [6, 6.07) is 24.8. The summed E-state index contributed by atoms with van der Waals surface area (Å²) in [6.45, 7) is 0.413. The molecule has 33 heavy (non-hydrogen) atoms. The van der Waals surface area contributed by atoms with E-state index in [0.717, 1.165) is 28.5 Å². The summed E-state index contributed by atoms with van der Waals surface area (Å²) < 4.78 is 11.8. The van der Waals surface area contributed by atoms with Crippen LogP contribution in [0, 0.1) is 0 Å². The molecule has 0 atom stereocenters. The van der Waals surface area contributed by atoms with E-state index in [4.69, 9.17) is 9.47 Å². The molecule has 3 aromatic carbocycles. The third-order valence-corrected chi connectivity index (χ3v) is 6.46. The summed E-state index contributed by atoms with van der Waals surface area (Å²) in [4.78, 5) is 12.2. The predicted molar refractivity (Wildman–Crippen MR) is 132 cm³/mol. The van der Waals surface area contributed by atoms with Gasteiger partial charge in [-0.25, -0.2) is 0 Å². The lowest BCUT2D eigenvalue weighted by atomic mass is 10.2. The fraction of sp³-hybridized carbons (Fsp3) is 0.125. The number of ether oxygens (including phenoxy) is 2. The Morgan fingerprint density at radius 2 is 1.67 bits per heavy atom. The van der Waals surface area contributed by atoms with Crippen LogP contribution in [0.15, 0.2) is 83.2 Å². The zero-order valence-corrected chi connectivity index (χ0v) is 19.5. The highest BCUT2D eigenvalue weighted by atomic mass is 32.2. The molecule has 4 rings (SSSR count). The number of thioether (sulfide) groups is 1. The van der Waals surface area contributed by atoms with E-state index in [1.54, 1.807) is 7.11 Å². The predicted octanol–water partition coefficient (Wildman–Crippen LogP) is 5.49. The second-order valence-electron chi connectivity index (χ2n) is 6.81. The van der Waals surface area contributed by atoms with Crippen LogP contribution >= 0.6 is 23.1 Å². The van der Waals surface area contributed by atoms with Crippen molar-refractivity contribution in [2.45, 2.75) is 10.9 Å². The van der Waals surface area contributed by atoms with Gasteiger partial charge in [-0.2, -0.15) is 0 Å². The number of carbonyl (C=O) groups is 1. The Balaban J connectivity index is 1.24. The van der Waals surface area contributed by atoms with Crippen LogP contribution in [0.1, 0.15) is 5.56 Å². The molecule has 0 aliphatic heterocycles. The quantitative estimate of drug-likeness (QED) is 0.292. The fourth-order valence-electron chi connectivity index (χ4n) is 2.89. The number of nitrogens with zero attached hydrogens (tertiary/aromatic N) is 2. The standard InChI is InChI=1S/C24H22N4O3S2/c1-30-21-10-6-5-7-17(21)15-25-22(29)16-32-24-28-27-23(33-24)26-18-11-13-20(14-12-18)31-19-8-3-2-4-9-19/h2-14H,15-16H2,1H3,(H,25,29)(H,26,27). The number of rotatable bonds is 10. The first-order valence-corrected chi connectivity index (χ1v) is 11.9. The lowest BCUT2D eigenvalue weighted by Gasteiger charge is -2.09. The van der Waals surface area contributed by atoms with Gasteiger partial charge >= 0.3 is 0 Å². The topological polar surface area (TPSA) is 85.4 Å². The Morgan fingerprint density at radius 3 is 2.45 bits per heavy atom. The first-order chi connectivity index (χ1) is 16.2. The van der Waals surface area contributed by atoms with Crippen LogP contribution in [-0.2, 0) is 11.3 Å². The SMILES string of the molecule is COc1ccccc1CNC(=O)CSc1nnc(Nc2ccc(Oc3ccccc3)cc2)s1. The van der Waals surface area contributed by atoms with Crippen LogP contribution in [0.5, 0.6) is 17.2 Å². The van der Waals surface area contributed by atoms with Crippen molar-refractivity contribution in [2.75, 3.05) is 18.2 Å². The normalized spacial score (nSPS) is 10.5. The number of carbonyl (C=O) groups excluding carboxylic acids is 1. The molecule has 0 aliphatic rings. The van der Waals surface area contributed by atoms with Crippen LogP contribution in [0.25, 0.3) is 0 Å². The number of methoxy groups -OCH3 is 1. The average molecular weight is 479 g/mol. The highest BCUT2D eigenvalue weighted by Gasteiger charge is 2.10. The van der Waals surface area contributed by atoms with Gasteiger partial charge in [0.1, 0.15) is 17.2 Å². The molecule has 2 N–H and O–H groups in total. The van der Waals surface area contributed by atoms with Crippen LogP contribution in [-0.4, -0.2) is 29.0 Å². The Bertz CT molecular complexity index is 1180. The van der Waals surface area contributed by atoms with E-state index in [1.807, 2.05) is 78.9 Å². The van der Waals surface area contributed by atoms with Gasteiger partial charge < -0.3 is 20.1 Å². The summed E-state index contributed by atoms with van der Waals surface area (Å²) in [5, 5.41) is 15.1. The number of nitrogens with one attached hydrogen (secondary N) is 2. The molecular formula is C24H22N4O3S2. The van der Waals surface area contributed by atoms with Crippen LogP contribution in [0.3, 0.4) is 0 Å². The van der Waals surface area contributed by atoms with Gasteiger partial charge in [-0.1, -0.05) is 59.5 Å². The van der Waals surface area contributed by atoms with Crippen molar-refractivity contribution in [3.8, 4) is 17.2 Å². The van der Waals surface area contributed by atoms with Crippen molar-refractivity contribution in [3.63, 3.8) is 0 Å². The van der Waals surface area contributed by atoms with Gasteiger partial charge in [0.05, 0.1) is 12.9 Å². The van der Waals surface area contributed by atoms with Gasteiger partial charge in [-0.15, -0.1) is 10.2 Å². The van der Waals surface area contributed by atoms with Gasteiger partial charge in [-0.3, -0.25) is 4.79 Å². The molecule has 0 saturated carbocycles. The Morgan fingerprint density at radius 1 is 0.939 bits per heavy atom. The second-order valence-corrected chi connectivity index (χ2v) is 9.01. The molecule has 0 aliphatic carbocycles. The van der Waals surface area contributed by atoms with Crippen LogP contribution in [0.2, 0.25) is 0 Å². The van der Waals surface area contributed by atoms with Crippen molar-refractivity contribution < 1.29 is 14.3 Å². The molecule has 0 bridgehead atoms. The third kappa shape index (κ3) is 6.71. The maximum Gasteiger partial charge on any atom is 0.230 e. The van der Waals surface area contributed by atoms with Crippen molar-refractivity contribution in [1.82, 2.24) is 15.5 Å². The van der Waals surface area contributed by atoms with Gasteiger partial charge in [0.15, 0.2) is 4.34 Å². The summed E-state index contributed by atoms with van der Waals surface area (Å²) in [5.41, 5.74) is 1.80. The maximum atomic E-state index is 12.2. The first-order valence-electron chi connectivity index (χ1n) is 10.1. The maximum absolute atomic E-state index is 12.2. The molecule has 9 heteroatoms. The molecule has 0 fully saturated rings. The highest BCUT2D eigenvalue weighted by molar-refractivity contribution is 8.01. The Kier molecular flexibility index (Phi) is 7.78. The average Bonchev–Trinajstić information content (AvgIpc) is 3.30. The molecule has 0 saturated heterocycles. The zero-order valence-electron chi connectivity index (χ0n) is 17.9. The summed E-state index contributed by atoms with van der Waals surface area (Å²) in [5.74, 6) is 2.47. The highest BCUT2D eigenvalue weighted by Crippen LogP contribution is 2.29. The van der Waals surface area contributed by atoms with Gasteiger partial charge in [0, 0.05) is 17.8 Å². The van der Waals surface area contributed by atoms with Crippen molar-refractivity contribution in [3.05, 3.63) is 84.4 Å². The molecular weight excluding hydrogens is 456 g/mol. The number of amides is 1. The summed E-state index contributed by atoms with van der Waals surface area (Å²) in [7, 11) is 1.62. The third-order valence-electron chi connectivity index (χ3n) is 4.49. The molecule has 7 nitrogen and oxygen atoms in total. The Hall–Kier alpha value is -3.56. The minimum atomic E-state index is -0.0791. The molecule has 168 valence electrons. The number of hydrogen-bond acceptors (Lipinski definition) is 8. The van der Waals surface area contributed by atoms with Gasteiger partial charge in [-0.05, 0) is 42.5 Å². The molecule has 1 heterocycles. The minimum Gasteiger partial charge on any atom is -0.496 e. The largest absolute Gasteiger partial charge is 0.496 e. The lowest BCUT2D eigenvalue weighted by molar-refractivity contribution is -0.118. The molecule has 0 spiro atoms. The van der Waals surface area contributed by atoms with Crippen molar-refractivity contribution >= 4 is 39.8 Å². The van der Waals surface area contributed by atoms with E-state index in [0.29, 0.717) is 16.0 Å². The molecule has 0 radical (unpaired) electrons. The van der Waals surface area contributed by atoms with E-state index >= 15 is 0 Å². The number of benzene rings is 3. The van der Waals surface area contributed by atoms with Gasteiger partial charge in [0.2, 0.25) is 11.0 Å². The summed E-state index contributed by atoms with van der Waals surface area (Å²) >= 11 is 2.75. The van der Waals surface area contributed by atoms with Crippen LogP contribution < -0.4 is 20.1 Å². The molecule has 0 unspecified atom stereocenters. The molecule has 1 aromatic heterocycles. The molecule has 1 amide bonds. The van der Waals surface area contributed by atoms with E-state index < -0.39 is 0 Å². The zero-order chi connectivity index (χ0) is 22.9. The lowest BCUT2D eigenvalue weighted by Crippen LogP contribution is -2.24. The monoisotopic (exact) mass is 478 g/mol. The van der Waals surface area contributed by atoms with E-state index in [-0.39, 0.29) is 11.7 Å². The van der Waals surface area contributed by atoms with Gasteiger partial charge in [0.25, 0.3) is 0 Å². The minimum absolute atomic E-state index is 0.0791. The van der Waals surface area contributed by atoms with E-state index in [1.165, 1.54) is 23.1 Å². The fourth-order valence-corrected chi connectivity index (χ4v) is 4.50. The van der Waals surface area contributed by atoms with E-state index in [2.05, 4.69) is 20.8 Å². The second kappa shape index (κ2) is 11.3. The number of para-hydroxylation sites is 2. The summed E-state index contributed by atoms with van der Waals surface area (Å²) in [6.07, 6.45) is 0. The van der Waals surface area contributed by atoms with Crippen LogP contribution in [0.4, 0.5) is 10.8 Å². The van der Waals surface area contributed by atoms with Crippen molar-refractivity contribution in [2.24, 2.45) is 0 Å². The number of anilines is 2. The van der Waals surface area contributed by atoms with Crippen molar-refractivity contribution in [1.29, 1.82) is 0 Å². The smallest absolute Gasteiger partial charge is 0.230 e. The number of aromatic nitrogens is 2.